The van der Waals surface area contributed by atoms with Crippen LogP contribution >= 0.6 is 0 Å². The van der Waals surface area contributed by atoms with E-state index in [4.69, 9.17) is 4.43 Å². The van der Waals surface area contributed by atoms with Gasteiger partial charge in [0.25, 0.3) is 0 Å². The SMILES string of the molecule is CC(C[SiH2]OC(C)C)CN1CCN([Si](C(C)C)(C(C)C)C(C)C)CC1. The molecule has 1 atom stereocenters. The van der Waals surface area contributed by atoms with Gasteiger partial charge in [-0.25, -0.2) is 0 Å². The van der Waals surface area contributed by atoms with Gasteiger partial charge in [-0.1, -0.05) is 48.5 Å². The molecule has 3 nitrogen and oxygen atoms in total. The van der Waals surface area contributed by atoms with Crippen LogP contribution in [0.5, 0.6) is 0 Å². The molecule has 0 aromatic rings. The van der Waals surface area contributed by atoms with Crippen molar-refractivity contribution in [1.82, 2.24) is 9.47 Å². The zero-order chi connectivity index (χ0) is 19.2. The molecule has 0 radical (unpaired) electrons. The second-order valence-electron chi connectivity index (χ2n) is 9.45. The summed E-state index contributed by atoms with van der Waals surface area (Å²) in [4.78, 5) is 2.71. The lowest BCUT2D eigenvalue weighted by molar-refractivity contribution is 0.161. The van der Waals surface area contributed by atoms with Crippen LogP contribution in [0.4, 0.5) is 0 Å². The lowest BCUT2D eigenvalue weighted by Crippen LogP contribution is -2.65. The molecule has 1 fully saturated rings. The van der Waals surface area contributed by atoms with E-state index in [1.165, 1.54) is 38.8 Å². The summed E-state index contributed by atoms with van der Waals surface area (Å²) >= 11 is 0. The number of piperazine rings is 1. The molecular formula is C20H46N2OSi2. The minimum Gasteiger partial charge on any atom is -0.422 e. The van der Waals surface area contributed by atoms with E-state index in [1.807, 2.05) is 0 Å². The van der Waals surface area contributed by atoms with Crippen molar-refractivity contribution in [1.29, 1.82) is 0 Å². The molecule has 0 bridgehead atoms. The van der Waals surface area contributed by atoms with Gasteiger partial charge in [0.05, 0.1) is 0 Å². The van der Waals surface area contributed by atoms with Gasteiger partial charge in [-0.15, -0.1) is 0 Å². The molecule has 1 heterocycles. The normalized spacial score (nSPS) is 20.0. The highest BCUT2D eigenvalue weighted by atomic mass is 28.3. The molecule has 150 valence electrons. The van der Waals surface area contributed by atoms with Crippen molar-refractivity contribution in [3.63, 3.8) is 0 Å². The van der Waals surface area contributed by atoms with E-state index in [0.717, 1.165) is 22.5 Å². The fraction of sp³-hybridized carbons (Fsp3) is 1.00. The fourth-order valence-corrected chi connectivity index (χ4v) is 13.8. The zero-order valence-corrected chi connectivity index (χ0v) is 21.1. The summed E-state index contributed by atoms with van der Waals surface area (Å²) in [6, 6.07) is 1.32. The Morgan fingerprint density at radius 1 is 0.800 bits per heavy atom. The second kappa shape index (κ2) is 10.6. The van der Waals surface area contributed by atoms with Gasteiger partial charge >= 0.3 is 0 Å². The maximum atomic E-state index is 5.86. The maximum Gasteiger partial charge on any atom is 0.162 e. The van der Waals surface area contributed by atoms with E-state index in [2.05, 4.69) is 71.8 Å². The van der Waals surface area contributed by atoms with Gasteiger partial charge < -0.3 is 13.9 Å². The average Bonchev–Trinajstić information content (AvgIpc) is 2.48. The Hall–Kier alpha value is 0.314. The molecule has 0 aromatic heterocycles. The Morgan fingerprint density at radius 3 is 1.68 bits per heavy atom. The van der Waals surface area contributed by atoms with Gasteiger partial charge in [-0.05, 0) is 42.4 Å². The summed E-state index contributed by atoms with van der Waals surface area (Å²) in [6.07, 6.45) is 0.420. The monoisotopic (exact) mass is 386 g/mol. The molecular weight excluding hydrogens is 340 g/mol. The number of hydrogen-bond acceptors (Lipinski definition) is 3. The van der Waals surface area contributed by atoms with Crippen LogP contribution in [-0.2, 0) is 4.43 Å². The molecule has 0 saturated carbocycles. The maximum absolute atomic E-state index is 5.86. The second-order valence-corrected chi connectivity index (χ2v) is 16.6. The standard InChI is InChI=1S/C20H46N2OSi2/c1-16(2)23-24-15-20(9)14-21-10-12-22(13-11-21)25(17(3)4,18(5)6)19(7)8/h16-20H,10-15,24H2,1-9H3. The van der Waals surface area contributed by atoms with E-state index in [1.54, 1.807) is 0 Å². The Morgan fingerprint density at radius 2 is 1.28 bits per heavy atom. The molecule has 5 heteroatoms. The lowest BCUT2D eigenvalue weighted by atomic mass is 10.2. The van der Waals surface area contributed by atoms with Gasteiger partial charge in [-0.2, -0.15) is 0 Å². The van der Waals surface area contributed by atoms with Crippen LogP contribution in [0.15, 0.2) is 0 Å². The Bertz CT molecular complexity index is 345. The third-order valence-corrected chi connectivity index (χ3v) is 15.5. The molecule has 0 aliphatic carbocycles. The van der Waals surface area contributed by atoms with E-state index in [0.29, 0.717) is 6.10 Å². The lowest BCUT2D eigenvalue weighted by Gasteiger charge is -2.53. The third kappa shape index (κ3) is 6.16. The van der Waals surface area contributed by atoms with Crippen LogP contribution < -0.4 is 0 Å². The molecule has 0 aromatic carbocycles. The largest absolute Gasteiger partial charge is 0.422 e. The van der Waals surface area contributed by atoms with Gasteiger partial charge in [0, 0.05) is 38.8 Å². The number of nitrogens with zero attached hydrogens (tertiary/aromatic N) is 2. The van der Waals surface area contributed by atoms with Gasteiger partial charge in [0.15, 0.2) is 9.76 Å². The summed E-state index contributed by atoms with van der Waals surface area (Å²) in [6.45, 7) is 28.0. The van der Waals surface area contributed by atoms with Crippen molar-refractivity contribution in [2.75, 3.05) is 32.7 Å². The molecule has 1 saturated heterocycles. The van der Waals surface area contributed by atoms with Crippen molar-refractivity contribution >= 4 is 18.0 Å². The molecule has 25 heavy (non-hydrogen) atoms. The molecule has 0 amide bonds. The number of hydrogen-bond donors (Lipinski definition) is 0. The van der Waals surface area contributed by atoms with Crippen molar-refractivity contribution in [3.8, 4) is 0 Å². The smallest absolute Gasteiger partial charge is 0.162 e. The van der Waals surface area contributed by atoms with Crippen LogP contribution in [0.2, 0.25) is 22.7 Å². The highest BCUT2D eigenvalue weighted by Gasteiger charge is 2.48. The molecule has 1 unspecified atom stereocenters. The van der Waals surface area contributed by atoms with Crippen LogP contribution in [0.25, 0.3) is 0 Å². The predicted octanol–water partition coefficient (Wildman–Crippen LogP) is 4.34. The van der Waals surface area contributed by atoms with E-state index in [-0.39, 0.29) is 9.76 Å². The van der Waals surface area contributed by atoms with Gasteiger partial charge in [-0.3, -0.25) is 0 Å². The number of rotatable bonds is 10. The summed E-state index contributed by atoms with van der Waals surface area (Å²) in [5, 5.41) is 0. The summed E-state index contributed by atoms with van der Waals surface area (Å²) in [5.41, 5.74) is 2.49. The average molecular weight is 387 g/mol. The molecule has 1 aliphatic rings. The van der Waals surface area contributed by atoms with E-state index in [9.17, 15) is 0 Å². The van der Waals surface area contributed by atoms with Crippen LogP contribution in [0.1, 0.15) is 62.3 Å². The zero-order valence-electron chi connectivity index (χ0n) is 18.6. The van der Waals surface area contributed by atoms with Crippen molar-refractivity contribution < 1.29 is 4.43 Å². The van der Waals surface area contributed by atoms with E-state index >= 15 is 0 Å². The van der Waals surface area contributed by atoms with Crippen LogP contribution in [-0.4, -0.2) is 66.3 Å². The molecule has 0 N–H and O–H groups in total. The van der Waals surface area contributed by atoms with Gasteiger partial charge in [0.2, 0.25) is 0 Å². The highest BCUT2D eigenvalue weighted by molar-refractivity contribution is 6.81. The van der Waals surface area contributed by atoms with Crippen molar-refractivity contribution in [2.24, 2.45) is 5.92 Å². The molecule has 1 rings (SSSR count). The van der Waals surface area contributed by atoms with Crippen LogP contribution in [0.3, 0.4) is 0 Å². The minimum atomic E-state index is -1.44. The molecule has 0 spiro atoms. The first-order valence-corrected chi connectivity index (χ1v) is 14.5. The van der Waals surface area contributed by atoms with Gasteiger partial charge in [0.1, 0.15) is 8.24 Å². The highest BCUT2D eigenvalue weighted by Crippen LogP contribution is 2.44. The Labute approximate surface area is 161 Å². The molecule has 1 aliphatic heterocycles. The fourth-order valence-electron chi connectivity index (χ4n) is 5.45. The van der Waals surface area contributed by atoms with E-state index < -0.39 is 8.24 Å². The third-order valence-electron chi connectivity index (χ3n) is 6.33. The summed E-state index contributed by atoms with van der Waals surface area (Å²) in [5.74, 6) is 0.791. The predicted molar refractivity (Wildman–Crippen MR) is 118 cm³/mol. The quantitative estimate of drug-likeness (QED) is 0.519. The Balaban J connectivity index is 2.56. The minimum absolute atomic E-state index is 0.326. The van der Waals surface area contributed by atoms with Crippen molar-refractivity contribution in [3.05, 3.63) is 0 Å². The van der Waals surface area contributed by atoms with Crippen molar-refractivity contribution in [2.45, 2.75) is 91.1 Å². The Kier molecular flexibility index (Phi) is 9.90. The topological polar surface area (TPSA) is 15.7 Å². The summed E-state index contributed by atoms with van der Waals surface area (Å²) in [7, 11) is -1.76. The van der Waals surface area contributed by atoms with Crippen LogP contribution in [0, 0.1) is 5.92 Å². The summed E-state index contributed by atoms with van der Waals surface area (Å²) < 4.78 is 8.82. The first-order chi connectivity index (χ1) is 11.6. The first kappa shape index (κ1) is 23.4. The first-order valence-electron chi connectivity index (χ1n) is 10.7.